The molecule has 0 saturated carbocycles. The minimum absolute atomic E-state index is 0.0255. The number of rotatable bonds is 4. The number of aryl methyl sites for hydroxylation is 1. The van der Waals surface area contributed by atoms with Crippen molar-refractivity contribution in [2.24, 2.45) is 0 Å². The highest BCUT2D eigenvalue weighted by atomic mass is 16.5. The van der Waals surface area contributed by atoms with Crippen LogP contribution in [0.4, 0.5) is 5.69 Å². The summed E-state index contributed by atoms with van der Waals surface area (Å²) in [5.74, 6) is -0.418. The summed E-state index contributed by atoms with van der Waals surface area (Å²) in [4.78, 5) is 3.78. The van der Waals surface area contributed by atoms with E-state index in [1.54, 1.807) is 0 Å². The lowest BCUT2D eigenvalue weighted by molar-refractivity contribution is 0.420. The molecule has 0 amide bonds. The molecule has 6 heteroatoms. The number of nitrogens with zero attached hydrogens (tertiary/aromatic N) is 3. The molecule has 2 aromatic rings. The molecule has 0 atom stereocenters. The zero-order chi connectivity index (χ0) is 13.1. The summed E-state index contributed by atoms with van der Waals surface area (Å²) in [6.45, 7) is 2.11. The van der Waals surface area contributed by atoms with Crippen molar-refractivity contribution in [2.75, 3.05) is 5.73 Å². The van der Waals surface area contributed by atoms with E-state index in [-0.39, 0.29) is 17.0 Å². The van der Waals surface area contributed by atoms with E-state index in [4.69, 9.17) is 15.5 Å². The second-order valence-electron chi connectivity index (χ2n) is 4.10. The van der Waals surface area contributed by atoms with Crippen molar-refractivity contribution in [3.05, 3.63) is 11.3 Å². The highest BCUT2D eigenvalue weighted by Gasteiger charge is 2.19. The van der Waals surface area contributed by atoms with E-state index in [1.807, 2.05) is 6.07 Å². The van der Waals surface area contributed by atoms with Gasteiger partial charge in [-0.05, 0) is 12.8 Å². The number of hydrogen-bond donors (Lipinski definition) is 2. The summed E-state index contributed by atoms with van der Waals surface area (Å²) in [5.41, 5.74) is 6.89. The number of pyridine rings is 1. The number of nitrogens with two attached hydrogens (primary N) is 1. The maximum Gasteiger partial charge on any atom is 0.263 e. The molecule has 2 rings (SSSR count). The molecule has 0 radical (unpaired) electrons. The van der Waals surface area contributed by atoms with Gasteiger partial charge in [-0.15, -0.1) is 0 Å². The molecule has 94 valence electrons. The van der Waals surface area contributed by atoms with Crippen molar-refractivity contribution in [1.29, 1.82) is 5.26 Å². The van der Waals surface area contributed by atoms with Crippen molar-refractivity contribution in [2.45, 2.75) is 32.6 Å². The number of aromatic hydroxyl groups is 1. The van der Waals surface area contributed by atoms with Gasteiger partial charge in [0.05, 0.1) is 16.8 Å². The first-order valence-corrected chi connectivity index (χ1v) is 5.85. The molecule has 0 spiro atoms. The highest BCUT2D eigenvalue weighted by molar-refractivity contribution is 5.93. The molecule has 2 heterocycles. The van der Waals surface area contributed by atoms with Crippen molar-refractivity contribution >= 4 is 16.8 Å². The van der Waals surface area contributed by atoms with Crippen LogP contribution in [-0.2, 0) is 6.42 Å². The Bertz CT molecular complexity index is 613. The molecule has 3 N–H and O–H groups in total. The van der Waals surface area contributed by atoms with Gasteiger partial charge in [0, 0.05) is 0 Å². The zero-order valence-corrected chi connectivity index (χ0v) is 10.1. The molecule has 0 unspecified atom stereocenters. The van der Waals surface area contributed by atoms with Crippen molar-refractivity contribution in [3.8, 4) is 11.9 Å². The van der Waals surface area contributed by atoms with Gasteiger partial charge in [-0.1, -0.05) is 24.9 Å². The molecule has 18 heavy (non-hydrogen) atoms. The highest BCUT2D eigenvalue weighted by Crippen LogP contribution is 2.31. The van der Waals surface area contributed by atoms with E-state index in [2.05, 4.69) is 17.1 Å². The number of aromatic nitrogens is 2. The Balaban J connectivity index is 2.48. The van der Waals surface area contributed by atoms with E-state index in [9.17, 15) is 5.11 Å². The normalized spacial score (nSPS) is 10.7. The van der Waals surface area contributed by atoms with Crippen LogP contribution in [0.25, 0.3) is 11.1 Å². The Hall–Kier alpha value is -2.29. The number of fused-ring (bicyclic) bond motifs is 1. The quantitative estimate of drug-likeness (QED) is 0.799. The molecule has 6 nitrogen and oxygen atoms in total. The van der Waals surface area contributed by atoms with Gasteiger partial charge in [-0.25, -0.2) is 0 Å². The van der Waals surface area contributed by atoms with Gasteiger partial charge in [0.2, 0.25) is 5.88 Å². The maximum absolute atomic E-state index is 9.51. The smallest absolute Gasteiger partial charge is 0.263 e. The summed E-state index contributed by atoms with van der Waals surface area (Å²) >= 11 is 0. The summed E-state index contributed by atoms with van der Waals surface area (Å²) in [6.07, 6.45) is 3.89. The minimum atomic E-state index is -0.418. The number of nitriles is 1. The van der Waals surface area contributed by atoms with Gasteiger partial charge >= 0.3 is 0 Å². The fourth-order valence-corrected chi connectivity index (χ4v) is 1.88. The van der Waals surface area contributed by atoms with E-state index in [1.165, 1.54) is 0 Å². The number of unbranched alkanes of at least 4 members (excludes halogenated alkanes) is 2. The van der Waals surface area contributed by atoms with Gasteiger partial charge < -0.3 is 15.4 Å². The maximum atomic E-state index is 9.51. The van der Waals surface area contributed by atoms with Gasteiger partial charge in [-0.2, -0.15) is 10.2 Å². The topological polar surface area (TPSA) is 109 Å². The van der Waals surface area contributed by atoms with Crippen LogP contribution in [0, 0.1) is 11.3 Å². The van der Waals surface area contributed by atoms with Crippen LogP contribution >= 0.6 is 0 Å². The van der Waals surface area contributed by atoms with Crippen LogP contribution in [0.1, 0.15) is 37.4 Å². The third-order valence-corrected chi connectivity index (χ3v) is 2.84. The van der Waals surface area contributed by atoms with Gasteiger partial charge in [0.1, 0.15) is 11.6 Å². The molecule has 0 bridgehead atoms. The van der Waals surface area contributed by atoms with E-state index < -0.39 is 5.88 Å². The average molecular weight is 246 g/mol. The minimum Gasteiger partial charge on any atom is -0.492 e. The van der Waals surface area contributed by atoms with Crippen LogP contribution in [0.2, 0.25) is 0 Å². The second kappa shape index (κ2) is 4.92. The third kappa shape index (κ3) is 1.95. The van der Waals surface area contributed by atoms with Crippen LogP contribution in [-0.4, -0.2) is 15.2 Å². The molecule has 0 saturated heterocycles. The van der Waals surface area contributed by atoms with Crippen LogP contribution in [0.5, 0.6) is 5.88 Å². The average Bonchev–Trinajstić information content (AvgIpc) is 2.73. The Labute approximate surface area is 104 Å². The molecule has 0 aliphatic heterocycles. The molecule has 0 aliphatic carbocycles. The molecular formula is C12H14N4O2. The lowest BCUT2D eigenvalue weighted by Crippen LogP contribution is -1.96. The van der Waals surface area contributed by atoms with Gasteiger partial charge in [0.15, 0.2) is 0 Å². The monoisotopic (exact) mass is 246 g/mol. The number of anilines is 1. The first-order valence-electron chi connectivity index (χ1n) is 5.85. The van der Waals surface area contributed by atoms with E-state index in [0.29, 0.717) is 11.1 Å². The Morgan fingerprint density at radius 1 is 1.44 bits per heavy atom. The zero-order valence-electron chi connectivity index (χ0n) is 10.1. The molecule has 0 fully saturated rings. The Kier molecular flexibility index (Phi) is 3.33. The summed E-state index contributed by atoms with van der Waals surface area (Å²) in [5, 5.41) is 22.9. The van der Waals surface area contributed by atoms with E-state index >= 15 is 0 Å². The van der Waals surface area contributed by atoms with E-state index in [0.717, 1.165) is 25.7 Å². The molecular weight excluding hydrogens is 232 g/mol. The van der Waals surface area contributed by atoms with Crippen molar-refractivity contribution < 1.29 is 9.63 Å². The summed E-state index contributed by atoms with van der Waals surface area (Å²) in [6, 6.07) is 1.83. The molecule has 0 aromatic carbocycles. The van der Waals surface area contributed by atoms with Gasteiger partial charge in [-0.3, -0.25) is 0 Å². The van der Waals surface area contributed by atoms with Crippen LogP contribution in [0.15, 0.2) is 4.52 Å². The number of nitrogen functional groups attached to an aromatic ring is 1. The van der Waals surface area contributed by atoms with Crippen LogP contribution in [0.3, 0.4) is 0 Å². The lowest BCUT2D eigenvalue weighted by atomic mass is 10.1. The lowest BCUT2D eigenvalue weighted by Gasteiger charge is -2.01. The SMILES string of the molecule is CCCCCc1noc2nc(O)c(C#N)c(N)c12. The Morgan fingerprint density at radius 3 is 2.89 bits per heavy atom. The fourth-order valence-electron chi connectivity index (χ4n) is 1.88. The second-order valence-corrected chi connectivity index (χ2v) is 4.10. The van der Waals surface area contributed by atoms with Gasteiger partial charge in [0.25, 0.3) is 5.71 Å². The summed E-state index contributed by atoms with van der Waals surface area (Å²) in [7, 11) is 0. The largest absolute Gasteiger partial charge is 0.492 e. The predicted octanol–water partition coefficient (Wildman–Crippen LogP) is 2.11. The first-order chi connectivity index (χ1) is 8.69. The van der Waals surface area contributed by atoms with Crippen molar-refractivity contribution in [1.82, 2.24) is 10.1 Å². The number of hydrogen-bond acceptors (Lipinski definition) is 6. The molecule has 0 aliphatic rings. The third-order valence-electron chi connectivity index (χ3n) is 2.84. The summed E-state index contributed by atoms with van der Waals surface area (Å²) < 4.78 is 5.03. The van der Waals surface area contributed by atoms with Crippen LogP contribution < -0.4 is 5.73 Å². The first kappa shape index (κ1) is 12.2. The Morgan fingerprint density at radius 2 is 2.22 bits per heavy atom. The molecule has 2 aromatic heterocycles. The van der Waals surface area contributed by atoms with Crippen molar-refractivity contribution in [3.63, 3.8) is 0 Å². The predicted molar refractivity (Wildman–Crippen MR) is 65.8 cm³/mol. The standard InChI is InChI=1S/C12H14N4O2/c1-2-3-4-5-8-9-10(14)7(6-13)11(17)15-12(9)18-16-8/h2-5H2,1H3,(H3,14,15,17). The fraction of sp³-hybridized carbons (Fsp3) is 0.417.